The summed E-state index contributed by atoms with van der Waals surface area (Å²) in [7, 11) is 0. The Kier molecular flexibility index (Phi) is 5.37. The summed E-state index contributed by atoms with van der Waals surface area (Å²) >= 11 is 0. The standard InChI is InChI=1S/C17H9F7N4O2/c18-11-1-9(2-13(4-11)30-17(22,23)24)14-5-15(26-8-29)27-28(14)12-3-10(6-25-7-12)16(19,20)21/h1-8H,(H,26,27,29). The molecule has 1 N–H and O–H groups in total. The van der Waals surface area contributed by atoms with Crippen molar-refractivity contribution in [3.63, 3.8) is 0 Å². The molecule has 2 heterocycles. The number of halogens is 7. The van der Waals surface area contributed by atoms with E-state index in [1.165, 1.54) is 0 Å². The predicted molar refractivity (Wildman–Crippen MR) is 88.1 cm³/mol. The van der Waals surface area contributed by atoms with Crippen molar-refractivity contribution in [2.24, 2.45) is 0 Å². The van der Waals surface area contributed by atoms with Gasteiger partial charge in [-0.1, -0.05) is 0 Å². The molecule has 0 unspecified atom stereocenters. The molecule has 0 aliphatic rings. The van der Waals surface area contributed by atoms with Crippen molar-refractivity contribution in [2.75, 3.05) is 5.32 Å². The van der Waals surface area contributed by atoms with E-state index in [1.807, 2.05) is 0 Å². The van der Waals surface area contributed by atoms with E-state index in [9.17, 15) is 35.5 Å². The van der Waals surface area contributed by atoms with Gasteiger partial charge in [0.15, 0.2) is 5.82 Å². The number of carbonyl (C=O) groups excluding carboxylic acids is 1. The summed E-state index contributed by atoms with van der Waals surface area (Å²) in [4.78, 5) is 14.2. The van der Waals surface area contributed by atoms with Gasteiger partial charge >= 0.3 is 12.5 Å². The zero-order chi connectivity index (χ0) is 22.1. The molecule has 0 fully saturated rings. The van der Waals surface area contributed by atoms with Gasteiger partial charge in [-0.25, -0.2) is 9.07 Å². The fraction of sp³-hybridized carbons (Fsp3) is 0.118. The number of rotatable bonds is 5. The molecule has 0 radical (unpaired) electrons. The minimum absolute atomic E-state index is 0.132. The lowest BCUT2D eigenvalue weighted by atomic mass is 10.1. The SMILES string of the molecule is O=CNc1cc(-c2cc(F)cc(OC(F)(F)F)c2)n(-c2cncc(C(F)(F)F)c2)n1. The lowest BCUT2D eigenvalue weighted by Crippen LogP contribution is -2.17. The van der Waals surface area contributed by atoms with E-state index < -0.39 is 29.7 Å². The molecule has 0 spiro atoms. The summed E-state index contributed by atoms with van der Waals surface area (Å²) in [5, 5.41) is 6.05. The zero-order valence-electron chi connectivity index (χ0n) is 14.4. The fourth-order valence-electron chi connectivity index (χ4n) is 2.52. The number of nitrogens with zero attached hydrogens (tertiary/aromatic N) is 3. The second-order valence-corrected chi connectivity index (χ2v) is 5.74. The van der Waals surface area contributed by atoms with Gasteiger partial charge in [0.2, 0.25) is 6.41 Å². The van der Waals surface area contributed by atoms with Crippen LogP contribution in [0.3, 0.4) is 0 Å². The maximum absolute atomic E-state index is 13.9. The lowest BCUT2D eigenvalue weighted by molar-refractivity contribution is -0.274. The Morgan fingerprint density at radius 1 is 1.00 bits per heavy atom. The largest absolute Gasteiger partial charge is 0.573 e. The van der Waals surface area contributed by atoms with Gasteiger partial charge in [-0.05, 0) is 18.2 Å². The van der Waals surface area contributed by atoms with Crippen LogP contribution in [0, 0.1) is 5.82 Å². The second kappa shape index (κ2) is 7.65. The highest BCUT2D eigenvalue weighted by molar-refractivity contribution is 5.74. The van der Waals surface area contributed by atoms with E-state index >= 15 is 0 Å². The molecule has 0 saturated carbocycles. The summed E-state index contributed by atoms with van der Waals surface area (Å²) in [6.07, 6.45) is -8.03. The van der Waals surface area contributed by atoms with Gasteiger partial charge in [0.25, 0.3) is 0 Å². The van der Waals surface area contributed by atoms with E-state index in [1.54, 1.807) is 0 Å². The third-order valence-electron chi connectivity index (χ3n) is 3.61. The van der Waals surface area contributed by atoms with Gasteiger partial charge in [0.05, 0.1) is 23.1 Å². The van der Waals surface area contributed by atoms with Crippen molar-refractivity contribution < 1.29 is 40.3 Å². The average Bonchev–Trinajstić information content (AvgIpc) is 3.03. The Hall–Kier alpha value is -3.64. The Balaban J connectivity index is 2.16. The number of pyridine rings is 1. The first-order valence-corrected chi connectivity index (χ1v) is 7.86. The molecule has 0 aliphatic carbocycles. The molecule has 13 heteroatoms. The molecular weight excluding hydrogens is 425 g/mol. The molecule has 3 aromatic rings. The number of hydrogen-bond donors (Lipinski definition) is 1. The summed E-state index contributed by atoms with van der Waals surface area (Å²) in [6, 6.07) is 3.92. The van der Waals surface area contributed by atoms with Crippen LogP contribution in [0.25, 0.3) is 16.9 Å². The van der Waals surface area contributed by atoms with Gasteiger partial charge in [-0.3, -0.25) is 9.78 Å². The topological polar surface area (TPSA) is 69.0 Å². The number of ether oxygens (including phenoxy) is 1. The Bertz CT molecular complexity index is 1080. The van der Waals surface area contributed by atoms with E-state index in [-0.39, 0.29) is 29.2 Å². The van der Waals surface area contributed by atoms with Crippen molar-refractivity contribution >= 4 is 12.2 Å². The van der Waals surface area contributed by atoms with E-state index in [4.69, 9.17) is 0 Å². The smallest absolute Gasteiger partial charge is 0.406 e. The normalized spacial score (nSPS) is 12.0. The maximum atomic E-state index is 13.9. The first-order valence-electron chi connectivity index (χ1n) is 7.86. The molecule has 1 aromatic carbocycles. The highest BCUT2D eigenvalue weighted by Crippen LogP contribution is 2.34. The van der Waals surface area contributed by atoms with Crippen LogP contribution in [-0.4, -0.2) is 27.5 Å². The molecule has 158 valence electrons. The summed E-state index contributed by atoms with van der Waals surface area (Å²) in [5.74, 6) is -2.15. The minimum Gasteiger partial charge on any atom is -0.406 e. The van der Waals surface area contributed by atoms with Crippen molar-refractivity contribution in [3.8, 4) is 22.7 Å². The fourth-order valence-corrected chi connectivity index (χ4v) is 2.52. The predicted octanol–water partition coefficient (Wildman–Crippen LogP) is 4.56. The number of hydrogen-bond acceptors (Lipinski definition) is 4. The van der Waals surface area contributed by atoms with Crippen molar-refractivity contribution in [3.05, 3.63) is 54.1 Å². The molecule has 6 nitrogen and oxygen atoms in total. The van der Waals surface area contributed by atoms with Gasteiger partial charge in [0.1, 0.15) is 11.6 Å². The van der Waals surface area contributed by atoms with Crippen LogP contribution in [0.5, 0.6) is 5.75 Å². The first-order chi connectivity index (χ1) is 14.0. The minimum atomic E-state index is -5.10. The average molecular weight is 434 g/mol. The van der Waals surface area contributed by atoms with E-state index in [0.717, 1.165) is 29.1 Å². The maximum Gasteiger partial charge on any atom is 0.573 e. The van der Waals surface area contributed by atoms with Crippen LogP contribution in [0.4, 0.5) is 36.6 Å². The second-order valence-electron chi connectivity index (χ2n) is 5.74. The van der Waals surface area contributed by atoms with E-state index in [0.29, 0.717) is 18.3 Å². The van der Waals surface area contributed by atoms with Crippen molar-refractivity contribution in [1.29, 1.82) is 0 Å². The third kappa shape index (κ3) is 4.85. The molecule has 0 atom stereocenters. The number of alkyl halides is 6. The molecule has 0 saturated heterocycles. The van der Waals surface area contributed by atoms with Crippen LogP contribution in [0.2, 0.25) is 0 Å². The summed E-state index contributed by atoms with van der Waals surface area (Å²) in [6.45, 7) is 0. The highest BCUT2D eigenvalue weighted by Gasteiger charge is 2.32. The molecule has 30 heavy (non-hydrogen) atoms. The molecular formula is C17H9F7N4O2. The molecule has 0 bridgehead atoms. The number of benzene rings is 1. The van der Waals surface area contributed by atoms with Crippen LogP contribution in [0.1, 0.15) is 5.56 Å². The van der Waals surface area contributed by atoms with Crippen molar-refractivity contribution in [1.82, 2.24) is 14.8 Å². The van der Waals surface area contributed by atoms with Gasteiger partial charge in [0, 0.05) is 23.9 Å². The van der Waals surface area contributed by atoms with Gasteiger partial charge in [-0.15, -0.1) is 18.3 Å². The van der Waals surface area contributed by atoms with Gasteiger partial charge < -0.3 is 10.1 Å². The van der Waals surface area contributed by atoms with Gasteiger partial charge in [-0.2, -0.15) is 13.2 Å². The summed E-state index contributed by atoms with van der Waals surface area (Å²) < 4.78 is 94.9. The zero-order valence-corrected chi connectivity index (χ0v) is 14.4. The number of amides is 1. The Labute approximate surface area is 162 Å². The van der Waals surface area contributed by atoms with Crippen LogP contribution in [0.15, 0.2) is 42.7 Å². The van der Waals surface area contributed by atoms with E-state index in [2.05, 4.69) is 20.1 Å². The third-order valence-corrected chi connectivity index (χ3v) is 3.61. The summed E-state index contributed by atoms with van der Waals surface area (Å²) in [5.41, 5.74) is -1.70. The number of anilines is 1. The number of carbonyl (C=O) groups is 1. The lowest BCUT2D eigenvalue weighted by Gasteiger charge is -2.12. The molecule has 2 aromatic heterocycles. The number of aromatic nitrogens is 3. The van der Waals surface area contributed by atoms with Crippen molar-refractivity contribution in [2.45, 2.75) is 12.5 Å². The monoisotopic (exact) mass is 434 g/mol. The number of nitrogens with one attached hydrogen (secondary N) is 1. The van der Waals surface area contributed by atoms with Crippen LogP contribution < -0.4 is 10.1 Å². The van der Waals surface area contributed by atoms with Crippen LogP contribution >= 0.6 is 0 Å². The first kappa shape index (κ1) is 21.1. The van der Waals surface area contributed by atoms with Crippen LogP contribution in [-0.2, 0) is 11.0 Å². The Morgan fingerprint density at radius 2 is 1.73 bits per heavy atom. The highest BCUT2D eigenvalue weighted by atomic mass is 19.4. The molecule has 0 aliphatic heterocycles. The molecule has 3 rings (SSSR count). The quantitative estimate of drug-likeness (QED) is 0.472. The molecule has 1 amide bonds. The Morgan fingerprint density at radius 3 is 2.37 bits per heavy atom.